The van der Waals surface area contributed by atoms with Gasteiger partial charge in [-0.3, -0.25) is 0 Å². The fraction of sp³-hybridized carbons (Fsp3) is 0.455. The van der Waals surface area contributed by atoms with Gasteiger partial charge in [-0.15, -0.1) is 0 Å². The van der Waals surface area contributed by atoms with Crippen molar-refractivity contribution in [2.24, 2.45) is 5.92 Å². The molecule has 1 aromatic rings. The third-order valence-electron chi connectivity index (χ3n) is 3.10. The first-order valence-electron chi connectivity index (χ1n) is 5.62. The highest BCUT2D eigenvalue weighted by Gasteiger charge is 2.39. The van der Waals surface area contributed by atoms with Crippen LogP contribution in [0.4, 0.5) is 10.1 Å². The fourth-order valence-corrected chi connectivity index (χ4v) is 3.83. The predicted molar refractivity (Wildman–Crippen MR) is 71.0 cm³/mol. The summed E-state index contributed by atoms with van der Waals surface area (Å²) < 4.78 is 40.1. The molecule has 0 aromatic heterocycles. The summed E-state index contributed by atoms with van der Waals surface area (Å²) in [5.41, 5.74) is 5.47. The van der Waals surface area contributed by atoms with Crippen molar-refractivity contribution in [3.63, 3.8) is 0 Å². The van der Waals surface area contributed by atoms with Crippen molar-refractivity contribution in [2.75, 3.05) is 5.73 Å². The number of nitrogen functional groups attached to an aromatic ring is 1. The molecular formula is C11H14BrFN2O2S. The maximum Gasteiger partial charge on any atom is 0.242 e. The average Bonchev–Trinajstić information content (AvgIpc) is 3.00. The van der Waals surface area contributed by atoms with Crippen molar-refractivity contribution in [1.82, 2.24) is 4.72 Å². The van der Waals surface area contributed by atoms with Gasteiger partial charge in [0.25, 0.3) is 0 Å². The molecule has 1 aromatic carbocycles. The normalized spacial score (nSPS) is 23.1. The highest BCUT2D eigenvalue weighted by atomic mass is 79.9. The molecule has 1 aliphatic rings. The fourth-order valence-electron chi connectivity index (χ4n) is 1.88. The SMILES string of the molecule is CCC1CC1NS(=O)(=O)c1cc(Br)c(F)cc1N. The van der Waals surface area contributed by atoms with Crippen molar-refractivity contribution >= 4 is 31.6 Å². The van der Waals surface area contributed by atoms with Crippen molar-refractivity contribution in [1.29, 1.82) is 0 Å². The van der Waals surface area contributed by atoms with Crippen LogP contribution in [0.25, 0.3) is 0 Å². The Morgan fingerprint density at radius 3 is 2.78 bits per heavy atom. The Labute approximate surface area is 114 Å². The van der Waals surface area contributed by atoms with Crippen LogP contribution in [0, 0.1) is 11.7 Å². The zero-order valence-electron chi connectivity index (χ0n) is 9.78. The van der Waals surface area contributed by atoms with Gasteiger partial charge in [0, 0.05) is 6.04 Å². The highest BCUT2D eigenvalue weighted by molar-refractivity contribution is 9.10. The summed E-state index contributed by atoms with van der Waals surface area (Å²) in [7, 11) is -3.68. The third-order valence-corrected chi connectivity index (χ3v) is 5.25. The van der Waals surface area contributed by atoms with E-state index in [4.69, 9.17) is 5.73 Å². The number of nitrogens with one attached hydrogen (secondary N) is 1. The molecule has 0 amide bonds. The lowest BCUT2D eigenvalue weighted by Gasteiger charge is -2.09. The molecule has 0 heterocycles. The maximum absolute atomic E-state index is 13.2. The average molecular weight is 337 g/mol. The number of anilines is 1. The molecule has 100 valence electrons. The van der Waals surface area contributed by atoms with Crippen molar-refractivity contribution in [3.05, 3.63) is 22.4 Å². The minimum atomic E-state index is -3.68. The van der Waals surface area contributed by atoms with Crippen LogP contribution in [0.1, 0.15) is 19.8 Å². The smallest absolute Gasteiger partial charge is 0.242 e. The molecule has 0 saturated heterocycles. The highest BCUT2D eigenvalue weighted by Crippen LogP contribution is 2.35. The molecule has 0 radical (unpaired) electrons. The maximum atomic E-state index is 13.2. The minimum Gasteiger partial charge on any atom is -0.398 e. The van der Waals surface area contributed by atoms with Gasteiger partial charge in [0.2, 0.25) is 10.0 Å². The molecular weight excluding hydrogens is 323 g/mol. The lowest BCUT2D eigenvalue weighted by atomic mass is 10.3. The van der Waals surface area contributed by atoms with Gasteiger partial charge >= 0.3 is 0 Å². The molecule has 2 unspecified atom stereocenters. The van der Waals surface area contributed by atoms with Gasteiger partial charge < -0.3 is 5.73 Å². The quantitative estimate of drug-likeness (QED) is 0.828. The topological polar surface area (TPSA) is 72.2 Å². The Balaban J connectivity index is 2.27. The van der Waals surface area contributed by atoms with Gasteiger partial charge in [-0.05, 0) is 40.4 Å². The number of hydrogen-bond donors (Lipinski definition) is 2. The number of benzene rings is 1. The number of sulfonamides is 1. The summed E-state index contributed by atoms with van der Waals surface area (Å²) in [5.74, 6) is -0.186. The molecule has 2 rings (SSSR count). The van der Waals surface area contributed by atoms with Gasteiger partial charge in [-0.25, -0.2) is 17.5 Å². The first-order chi connectivity index (χ1) is 8.35. The van der Waals surface area contributed by atoms with E-state index in [0.29, 0.717) is 5.92 Å². The summed E-state index contributed by atoms with van der Waals surface area (Å²) in [6, 6.07) is 2.17. The number of nitrogens with two attached hydrogens (primary N) is 1. The minimum absolute atomic E-state index is 0.0248. The Morgan fingerprint density at radius 1 is 1.56 bits per heavy atom. The molecule has 1 saturated carbocycles. The molecule has 4 nitrogen and oxygen atoms in total. The van der Waals surface area contributed by atoms with Gasteiger partial charge in [-0.2, -0.15) is 0 Å². The second-order valence-electron chi connectivity index (χ2n) is 4.44. The van der Waals surface area contributed by atoms with Gasteiger partial charge in [0.05, 0.1) is 10.2 Å². The van der Waals surface area contributed by atoms with Crippen LogP contribution in [-0.4, -0.2) is 14.5 Å². The Kier molecular flexibility index (Phi) is 3.66. The van der Waals surface area contributed by atoms with Gasteiger partial charge in [0.15, 0.2) is 0 Å². The van der Waals surface area contributed by atoms with E-state index in [-0.39, 0.29) is 21.1 Å². The van der Waals surface area contributed by atoms with Gasteiger partial charge in [0.1, 0.15) is 10.7 Å². The molecule has 0 bridgehead atoms. The van der Waals surface area contributed by atoms with E-state index in [0.717, 1.165) is 18.9 Å². The molecule has 18 heavy (non-hydrogen) atoms. The van der Waals surface area contributed by atoms with Crippen molar-refractivity contribution in [2.45, 2.75) is 30.7 Å². The Bertz CT molecular complexity index is 577. The molecule has 0 spiro atoms. The van der Waals surface area contributed by atoms with Crippen molar-refractivity contribution < 1.29 is 12.8 Å². The number of rotatable bonds is 4. The van der Waals surface area contributed by atoms with E-state index >= 15 is 0 Å². The summed E-state index contributed by atoms with van der Waals surface area (Å²) in [5, 5.41) is 0. The first kappa shape index (κ1) is 13.8. The van der Waals surface area contributed by atoms with E-state index < -0.39 is 15.8 Å². The molecule has 7 heteroatoms. The standard InChI is InChI=1S/C11H14BrFN2O2S/c1-2-6-3-10(6)15-18(16,17)11-4-7(12)8(13)5-9(11)14/h4-6,10,15H,2-3,14H2,1H3. The molecule has 1 fully saturated rings. The predicted octanol–water partition coefficient (Wildman–Crippen LogP) is 2.25. The van der Waals surface area contributed by atoms with Crippen LogP contribution >= 0.6 is 15.9 Å². The van der Waals surface area contributed by atoms with Crippen LogP contribution in [-0.2, 0) is 10.0 Å². The third kappa shape index (κ3) is 2.67. The number of halogens is 2. The second-order valence-corrected chi connectivity index (χ2v) is 6.97. The van der Waals surface area contributed by atoms with Crippen LogP contribution in [0.3, 0.4) is 0 Å². The summed E-state index contributed by atoms with van der Waals surface area (Å²) in [6.45, 7) is 2.02. The molecule has 0 aliphatic heterocycles. The Morgan fingerprint density at radius 2 is 2.22 bits per heavy atom. The van der Waals surface area contributed by atoms with Crippen LogP contribution in [0.15, 0.2) is 21.5 Å². The van der Waals surface area contributed by atoms with Crippen LogP contribution in [0.5, 0.6) is 0 Å². The lowest BCUT2D eigenvalue weighted by Crippen LogP contribution is -2.27. The van der Waals surface area contributed by atoms with E-state index in [1.807, 2.05) is 6.92 Å². The van der Waals surface area contributed by atoms with E-state index in [1.54, 1.807) is 0 Å². The van der Waals surface area contributed by atoms with Crippen LogP contribution < -0.4 is 10.5 Å². The molecule has 1 aliphatic carbocycles. The lowest BCUT2D eigenvalue weighted by molar-refractivity contribution is 0.575. The molecule has 3 N–H and O–H groups in total. The Hall–Kier alpha value is -0.660. The summed E-state index contributed by atoms with van der Waals surface area (Å²) in [4.78, 5) is -0.0856. The van der Waals surface area contributed by atoms with E-state index in [2.05, 4.69) is 20.7 Å². The molecule has 2 atom stereocenters. The zero-order valence-corrected chi connectivity index (χ0v) is 12.2. The second kappa shape index (κ2) is 4.79. The van der Waals surface area contributed by atoms with Gasteiger partial charge in [-0.1, -0.05) is 13.3 Å². The number of hydrogen-bond acceptors (Lipinski definition) is 3. The largest absolute Gasteiger partial charge is 0.398 e. The van der Waals surface area contributed by atoms with E-state index in [9.17, 15) is 12.8 Å². The first-order valence-corrected chi connectivity index (χ1v) is 7.89. The monoisotopic (exact) mass is 336 g/mol. The summed E-state index contributed by atoms with van der Waals surface area (Å²) >= 11 is 2.96. The summed E-state index contributed by atoms with van der Waals surface area (Å²) in [6.07, 6.45) is 1.79. The van der Waals surface area contributed by atoms with E-state index in [1.165, 1.54) is 6.07 Å². The zero-order chi connectivity index (χ0) is 13.5. The van der Waals surface area contributed by atoms with Crippen molar-refractivity contribution in [3.8, 4) is 0 Å². The van der Waals surface area contributed by atoms with Crippen LogP contribution in [0.2, 0.25) is 0 Å².